The highest BCUT2D eigenvalue weighted by molar-refractivity contribution is 5.14. The van der Waals surface area contributed by atoms with E-state index >= 15 is 0 Å². The van der Waals surface area contributed by atoms with Crippen LogP contribution in [0.1, 0.15) is 18.1 Å². The molecule has 5 heteroatoms. The van der Waals surface area contributed by atoms with Crippen LogP contribution in [0.15, 0.2) is 60.7 Å². The van der Waals surface area contributed by atoms with E-state index in [0.29, 0.717) is 6.61 Å². The zero-order valence-corrected chi connectivity index (χ0v) is 14.2. The molecule has 0 aromatic heterocycles. The van der Waals surface area contributed by atoms with E-state index in [-0.39, 0.29) is 6.61 Å². The summed E-state index contributed by atoms with van der Waals surface area (Å²) in [7, 11) is 0. The summed E-state index contributed by atoms with van der Waals surface area (Å²) < 4.78 is 17.1. The predicted octanol–water partition coefficient (Wildman–Crippen LogP) is 2.26. The lowest BCUT2D eigenvalue weighted by atomic mass is 9.99. The minimum atomic E-state index is -1.19. The van der Waals surface area contributed by atoms with Crippen molar-refractivity contribution in [3.63, 3.8) is 0 Å². The molecule has 134 valence electrons. The van der Waals surface area contributed by atoms with Crippen LogP contribution in [0.4, 0.5) is 0 Å². The van der Waals surface area contributed by atoms with Crippen molar-refractivity contribution in [1.29, 1.82) is 0 Å². The average molecular weight is 344 g/mol. The molecule has 0 saturated carbocycles. The lowest BCUT2D eigenvalue weighted by Crippen LogP contribution is -2.58. The van der Waals surface area contributed by atoms with Gasteiger partial charge in [-0.05, 0) is 18.1 Å². The molecule has 2 aromatic rings. The number of hydrogen-bond acceptors (Lipinski definition) is 5. The fraction of sp³-hybridized carbons (Fsp3) is 0.400. The van der Waals surface area contributed by atoms with Crippen molar-refractivity contribution >= 4 is 0 Å². The van der Waals surface area contributed by atoms with Crippen molar-refractivity contribution in [3.05, 3.63) is 71.8 Å². The van der Waals surface area contributed by atoms with E-state index in [1.54, 1.807) is 6.92 Å². The first kappa shape index (κ1) is 18.0. The molecular formula is C20H24O5. The maximum atomic E-state index is 10.6. The van der Waals surface area contributed by atoms with E-state index in [0.717, 1.165) is 11.1 Å². The molecule has 0 aliphatic carbocycles. The first-order valence-electron chi connectivity index (χ1n) is 8.48. The standard InChI is InChI=1S/C20H24O5/c1-14-18(23-12-15-8-4-2-5-9-15)17(21)19(20(22)25-14)24-13-16-10-6-3-7-11-16/h2-11,14,17-22H,12-13H2,1H3/t14?,17?,18-,19?,20-/m1/s1. The molecule has 2 N–H and O–H groups in total. The Morgan fingerprint density at radius 1 is 0.800 bits per heavy atom. The molecule has 1 fully saturated rings. The number of aliphatic hydroxyl groups excluding tert-OH is 2. The Hall–Kier alpha value is -1.76. The van der Waals surface area contributed by atoms with Crippen LogP contribution in [-0.4, -0.2) is 40.9 Å². The molecule has 0 radical (unpaired) electrons. The van der Waals surface area contributed by atoms with Crippen molar-refractivity contribution < 1.29 is 24.4 Å². The number of aliphatic hydroxyl groups is 2. The van der Waals surface area contributed by atoms with Crippen LogP contribution in [-0.2, 0) is 27.4 Å². The summed E-state index contributed by atoms with van der Waals surface area (Å²) in [5.41, 5.74) is 1.97. The molecule has 5 atom stereocenters. The molecule has 1 saturated heterocycles. The fourth-order valence-electron chi connectivity index (χ4n) is 2.96. The van der Waals surface area contributed by atoms with Gasteiger partial charge in [0.2, 0.25) is 0 Å². The molecule has 3 rings (SSSR count). The van der Waals surface area contributed by atoms with Gasteiger partial charge in [0.25, 0.3) is 0 Å². The summed E-state index contributed by atoms with van der Waals surface area (Å²) >= 11 is 0. The van der Waals surface area contributed by atoms with Gasteiger partial charge < -0.3 is 24.4 Å². The number of benzene rings is 2. The van der Waals surface area contributed by atoms with E-state index in [4.69, 9.17) is 14.2 Å². The van der Waals surface area contributed by atoms with Crippen LogP contribution in [0.25, 0.3) is 0 Å². The Morgan fingerprint density at radius 3 is 1.80 bits per heavy atom. The van der Waals surface area contributed by atoms with Crippen molar-refractivity contribution in [2.24, 2.45) is 0 Å². The van der Waals surface area contributed by atoms with Gasteiger partial charge in [0.15, 0.2) is 6.29 Å². The topological polar surface area (TPSA) is 68.2 Å². The third-order valence-electron chi connectivity index (χ3n) is 4.34. The van der Waals surface area contributed by atoms with Crippen LogP contribution in [0.5, 0.6) is 0 Å². The van der Waals surface area contributed by atoms with Crippen molar-refractivity contribution in [3.8, 4) is 0 Å². The molecule has 5 nitrogen and oxygen atoms in total. The van der Waals surface area contributed by atoms with Gasteiger partial charge >= 0.3 is 0 Å². The fourth-order valence-corrected chi connectivity index (χ4v) is 2.96. The van der Waals surface area contributed by atoms with Gasteiger partial charge in [-0.15, -0.1) is 0 Å². The summed E-state index contributed by atoms with van der Waals surface area (Å²) in [6.07, 6.45) is -4.05. The Labute approximate surface area is 147 Å². The Balaban J connectivity index is 1.61. The lowest BCUT2D eigenvalue weighted by molar-refractivity contribution is -0.298. The molecule has 0 bridgehead atoms. The van der Waals surface area contributed by atoms with Crippen LogP contribution in [0.2, 0.25) is 0 Å². The van der Waals surface area contributed by atoms with Gasteiger partial charge in [-0.1, -0.05) is 60.7 Å². The van der Waals surface area contributed by atoms with E-state index < -0.39 is 30.7 Å². The molecule has 0 amide bonds. The molecule has 2 aromatic carbocycles. The van der Waals surface area contributed by atoms with E-state index in [1.165, 1.54) is 0 Å². The maximum absolute atomic E-state index is 10.6. The molecule has 25 heavy (non-hydrogen) atoms. The first-order chi connectivity index (χ1) is 12.1. The van der Waals surface area contributed by atoms with E-state index in [1.807, 2.05) is 60.7 Å². The van der Waals surface area contributed by atoms with Gasteiger partial charge in [0, 0.05) is 0 Å². The molecular weight excluding hydrogens is 320 g/mol. The molecule has 3 unspecified atom stereocenters. The highest BCUT2D eigenvalue weighted by atomic mass is 16.7. The Morgan fingerprint density at radius 2 is 1.28 bits per heavy atom. The van der Waals surface area contributed by atoms with Gasteiger partial charge in [0.1, 0.15) is 18.3 Å². The summed E-state index contributed by atoms with van der Waals surface area (Å²) in [6, 6.07) is 19.3. The third kappa shape index (κ3) is 4.66. The second kappa shape index (κ2) is 8.56. The van der Waals surface area contributed by atoms with Crippen molar-refractivity contribution in [1.82, 2.24) is 0 Å². The summed E-state index contributed by atoms with van der Waals surface area (Å²) in [5.74, 6) is 0. The van der Waals surface area contributed by atoms with Gasteiger partial charge in [-0.25, -0.2) is 0 Å². The lowest BCUT2D eigenvalue weighted by Gasteiger charge is -2.41. The van der Waals surface area contributed by atoms with Gasteiger partial charge in [0.05, 0.1) is 19.3 Å². The van der Waals surface area contributed by atoms with E-state index in [9.17, 15) is 10.2 Å². The van der Waals surface area contributed by atoms with Crippen LogP contribution < -0.4 is 0 Å². The third-order valence-corrected chi connectivity index (χ3v) is 4.34. The SMILES string of the molecule is CC1O[C@@H](O)C(OCc2ccccc2)C(O)[C@@H]1OCc1ccccc1. The number of rotatable bonds is 6. The maximum Gasteiger partial charge on any atom is 0.184 e. The average Bonchev–Trinajstić information content (AvgIpc) is 2.63. The summed E-state index contributed by atoms with van der Waals surface area (Å²) in [4.78, 5) is 0. The highest BCUT2D eigenvalue weighted by Crippen LogP contribution is 2.26. The molecule has 1 aliphatic rings. The highest BCUT2D eigenvalue weighted by Gasteiger charge is 2.44. The minimum absolute atomic E-state index is 0.281. The normalized spacial score (nSPS) is 29.5. The first-order valence-corrected chi connectivity index (χ1v) is 8.48. The summed E-state index contributed by atoms with van der Waals surface area (Å²) in [5, 5.41) is 20.8. The van der Waals surface area contributed by atoms with E-state index in [2.05, 4.69) is 0 Å². The molecule has 1 aliphatic heterocycles. The number of ether oxygens (including phenoxy) is 3. The van der Waals surface area contributed by atoms with Crippen molar-refractivity contribution in [2.45, 2.75) is 50.8 Å². The quantitative estimate of drug-likeness (QED) is 0.841. The zero-order valence-electron chi connectivity index (χ0n) is 14.2. The van der Waals surface area contributed by atoms with Crippen LogP contribution in [0, 0.1) is 0 Å². The predicted molar refractivity (Wildman–Crippen MR) is 92.6 cm³/mol. The monoisotopic (exact) mass is 344 g/mol. The van der Waals surface area contributed by atoms with Crippen LogP contribution >= 0.6 is 0 Å². The largest absolute Gasteiger partial charge is 0.387 e. The molecule has 1 heterocycles. The molecule has 0 spiro atoms. The summed E-state index contributed by atoms with van der Waals surface area (Å²) in [6.45, 7) is 2.41. The van der Waals surface area contributed by atoms with Gasteiger partial charge in [-0.2, -0.15) is 0 Å². The second-order valence-corrected chi connectivity index (χ2v) is 6.24. The zero-order chi connectivity index (χ0) is 17.6. The number of hydrogen-bond donors (Lipinski definition) is 2. The van der Waals surface area contributed by atoms with Crippen LogP contribution in [0.3, 0.4) is 0 Å². The second-order valence-electron chi connectivity index (χ2n) is 6.24. The van der Waals surface area contributed by atoms with Gasteiger partial charge in [-0.3, -0.25) is 0 Å². The Kier molecular flexibility index (Phi) is 6.18. The smallest absolute Gasteiger partial charge is 0.184 e. The minimum Gasteiger partial charge on any atom is -0.387 e. The van der Waals surface area contributed by atoms with Crippen molar-refractivity contribution in [2.75, 3.05) is 0 Å². The Bertz CT molecular complexity index is 578.